The van der Waals surface area contributed by atoms with E-state index in [1.165, 1.54) is 93.2 Å². The maximum atomic E-state index is 5.45. The Morgan fingerprint density at radius 3 is 1.18 bits per heavy atom. The van der Waals surface area contributed by atoms with Crippen molar-refractivity contribution in [2.45, 2.75) is 6.92 Å². The number of aryl methyl sites for hydroxylation is 1. The van der Waals surface area contributed by atoms with Crippen molar-refractivity contribution < 1.29 is 0 Å². The fourth-order valence-electron chi connectivity index (χ4n) is 10.3. The summed E-state index contributed by atoms with van der Waals surface area (Å²) in [4.78, 5) is 5.45. The Hall–Kier alpha value is -8.85. The second-order valence-corrected chi connectivity index (χ2v) is 18.0. The van der Waals surface area contributed by atoms with Crippen LogP contribution < -0.4 is 0 Å². The van der Waals surface area contributed by atoms with E-state index in [0.29, 0.717) is 0 Å². The molecule has 2 heteroatoms. The Balaban J connectivity index is 1.07. The van der Waals surface area contributed by atoms with Crippen LogP contribution in [0, 0.1) is 6.92 Å². The third-order valence-electron chi connectivity index (χ3n) is 13.9. The molecule has 0 fully saturated rings. The van der Waals surface area contributed by atoms with Crippen molar-refractivity contribution in [3.63, 3.8) is 0 Å². The lowest BCUT2D eigenvalue weighted by Crippen LogP contribution is -1.98. The molecule has 13 aromatic rings. The number of hydrogen-bond donors (Lipinski definition) is 0. The fourth-order valence-corrected chi connectivity index (χ4v) is 10.3. The van der Waals surface area contributed by atoms with Crippen molar-refractivity contribution in [3.05, 3.63) is 254 Å². The van der Waals surface area contributed by atoms with E-state index in [-0.39, 0.29) is 0 Å². The van der Waals surface area contributed by atoms with E-state index >= 15 is 0 Å². The summed E-state index contributed by atoms with van der Waals surface area (Å²) < 4.78 is 2.48. The molecule has 13 rings (SSSR count). The standard InChI is InChI=1S/C66H44N2/c1-43-21-23-49(24-22-43)52-33-35-57-58(37-52)55-19-11-12-20-56(55)60-42-66-62(41-59(57)60)61-38-53(46-17-9-4-10-18-46)34-36-65(61)68(66)54-39-63(50-29-25-47(26-30-50)44-13-5-2-6-14-44)67-64(40-54)51-31-27-48(28-32-51)45-15-7-3-8-16-45/h2-42H,1H3. The summed E-state index contributed by atoms with van der Waals surface area (Å²) in [5, 5.41) is 9.92. The van der Waals surface area contributed by atoms with Crippen LogP contribution in [0.25, 0.3) is 127 Å². The van der Waals surface area contributed by atoms with E-state index in [9.17, 15) is 0 Å². The molecule has 0 radical (unpaired) electrons. The summed E-state index contributed by atoms with van der Waals surface area (Å²) in [6, 6.07) is 90.9. The average molecular weight is 865 g/mol. The highest BCUT2D eigenvalue weighted by Crippen LogP contribution is 2.44. The SMILES string of the molecule is Cc1ccc(-c2ccc3c(c2)c2ccccc2c2cc4c(cc32)c2cc(-c3ccccc3)ccc2n4-c2cc(-c3ccc(-c4ccccc4)cc3)nc(-c3ccc(-c4ccccc4)cc3)c2)cc1. The van der Waals surface area contributed by atoms with Gasteiger partial charge in [-0.1, -0.05) is 212 Å². The van der Waals surface area contributed by atoms with Crippen molar-refractivity contribution in [2.75, 3.05) is 0 Å². The summed E-state index contributed by atoms with van der Waals surface area (Å²) in [6.07, 6.45) is 0. The van der Waals surface area contributed by atoms with Crippen LogP contribution in [0.1, 0.15) is 5.56 Å². The maximum absolute atomic E-state index is 5.45. The summed E-state index contributed by atoms with van der Waals surface area (Å²) in [7, 11) is 0. The quantitative estimate of drug-likeness (QED) is 0.146. The summed E-state index contributed by atoms with van der Waals surface area (Å²) in [5.74, 6) is 0. The zero-order valence-corrected chi connectivity index (χ0v) is 37.6. The third-order valence-corrected chi connectivity index (χ3v) is 13.9. The van der Waals surface area contributed by atoms with Gasteiger partial charge >= 0.3 is 0 Å². The molecule has 0 aliphatic heterocycles. The molecular weight excluding hydrogens is 821 g/mol. The van der Waals surface area contributed by atoms with E-state index in [1.54, 1.807) is 0 Å². The lowest BCUT2D eigenvalue weighted by atomic mass is 9.91. The van der Waals surface area contributed by atoms with Gasteiger partial charge < -0.3 is 4.57 Å². The number of nitrogens with zero attached hydrogens (tertiary/aromatic N) is 2. The van der Waals surface area contributed by atoms with Gasteiger partial charge in [0.2, 0.25) is 0 Å². The Kier molecular flexibility index (Phi) is 9.43. The minimum absolute atomic E-state index is 0.918. The van der Waals surface area contributed by atoms with Crippen LogP contribution in [0.2, 0.25) is 0 Å². The van der Waals surface area contributed by atoms with Gasteiger partial charge in [-0.25, -0.2) is 4.98 Å². The van der Waals surface area contributed by atoms with Gasteiger partial charge in [0.1, 0.15) is 0 Å². The summed E-state index contributed by atoms with van der Waals surface area (Å²) in [5.41, 5.74) is 18.2. The lowest BCUT2D eigenvalue weighted by Gasteiger charge is -2.15. The Bertz CT molecular complexity index is 3920. The molecular formula is C66H44N2. The number of aromatic nitrogens is 2. The minimum Gasteiger partial charge on any atom is -0.309 e. The Labute approximate surface area is 395 Å². The largest absolute Gasteiger partial charge is 0.309 e. The first-order valence-corrected chi connectivity index (χ1v) is 23.4. The van der Waals surface area contributed by atoms with Gasteiger partial charge in [-0.05, 0) is 126 Å². The highest BCUT2D eigenvalue weighted by Gasteiger charge is 2.20. The Morgan fingerprint density at radius 1 is 0.250 bits per heavy atom. The first kappa shape index (κ1) is 39.5. The van der Waals surface area contributed by atoms with Crippen LogP contribution in [-0.4, -0.2) is 9.55 Å². The highest BCUT2D eigenvalue weighted by molar-refractivity contribution is 6.29. The van der Waals surface area contributed by atoms with Crippen molar-refractivity contribution >= 4 is 54.1 Å². The molecule has 0 unspecified atom stereocenters. The molecule has 0 N–H and O–H groups in total. The molecule has 0 saturated carbocycles. The van der Waals surface area contributed by atoms with Gasteiger partial charge in [-0.3, -0.25) is 0 Å². The van der Waals surface area contributed by atoms with E-state index < -0.39 is 0 Å². The van der Waals surface area contributed by atoms with Crippen molar-refractivity contribution in [1.82, 2.24) is 9.55 Å². The van der Waals surface area contributed by atoms with Gasteiger partial charge in [0.15, 0.2) is 0 Å². The molecule has 0 atom stereocenters. The van der Waals surface area contributed by atoms with Crippen molar-refractivity contribution in [1.29, 1.82) is 0 Å². The van der Waals surface area contributed by atoms with Crippen LogP contribution in [0.15, 0.2) is 249 Å². The minimum atomic E-state index is 0.918. The lowest BCUT2D eigenvalue weighted by molar-refractivity contribution is 1.16. The van der Waals surface area contributed by atoms with Gasteiger partial charge in [0.25, 0.3) is 0 Å². The molecule has 68 heavy (non-hydrogen) atoms. The molecule has 2 heterocycles. The van der Waals surface area contributed by atoms with E-state index in [2.05, 4.69) is 260 Å². The van der Waals surface area contributed by atoms with Crippen LogP contribution >= 0.6 is 0 Å². The van der Waals surface area contributed by atoms with Gasteiger partial charge in [0, 0.05) is 21.9 Å². The maximum Gasteiger partial charge on any atom is 0.0730 e. The molecule has 0 amide bonds. The van der Waals surface area contributed by atoms with Gasteiger partial charge in [-0.2, -0.15) is 0 Å². The predicted molar refractivity (Wildman–Crippen MR) is 288 cm³/mol. The molecule has 0 aliphatic carbocycles. The smallest absolute Gasteiger partial charge is 0.0730 e. The monoisotopic (exact) mass is 864 g/mol. The van der Waals surface area contributed by atoms with Crippen LogP contribution in [-0.2, 0) is 0 Å². The molecule has 11 aromatic carbocycles. The zero-order valence-electron chi connectivity index (χ0n) is 37.6. The summed E-state index contributed by atoms with van der Waals surface area (Å²) >= 11 is 0. The molecule has 0 bridgehead atoms. The van der Waals surface area contributed by atoms with E-state index in [4.69, 9.17) is 4.98 Å². The number of rotatable bonds is 7. The normalized spacial score (nSPS) is 11.6. The molecule has 2 nitrogen and oxygen atoms in total. The summed E-state index contributed by atoms with van der Waals surface area (Å²) in [6.45, 7) is 2.15. The van der Waals surface area contributed by atoms with Crippen LogP contribution in [0.3, 0.4) is 0 Å². The van der Waals surface area contributed by atoms with E-state index in [1.807, 2.05) is 0 Å². The second-order valence-electron chi connectivity index (χ2n) is 18.0. The molecule has 318 valence electrons. The first-order valence-electron chi connectivity index (χ1n) is 23.4. The topological polar surface area (TPSA) is 17.8 Å². The molecule has 0 aliphatic rings. The Morgan fingerprint density at radius 2 is 0.618 bits per heavy atom. The van der Waals surface area contributed by atoms with E-state index in [0.717, 1.165) is 39.2 Å². The number of hydrogen-bond acceptors (Lipinski definition) is 1. The predicted octanol–water partition coefficient (Wildman–Crippen LogP) is 17.9. The number of benzene rings is 11. The number of fused-ring (bicyclic) bond motifs is 9. The van der Waals surface area contributed by atoms with Crippen LogP contribution in [0.4, 0.5) is 0 Å². The van der Waals surface area contributed by atoms with Gasteiger partial charge in [0.05, 0.1) is 28.1 Å². The third kappa shape index (κ3) is 6.85. The highest BCUT2D eigenvalue weighted by atomic mass is 15.0. The number of pyridine rings is 1. The van der Waals surface area contributed by atoms with Gasteiger partial charge in [-0.15, -0.1) is 0 Å². The van der Waals surface area contributed by atoms with Crippen LogP contribution in [0.5, 0.6) is 0 Å². The van der Waals surface area contributed by atoms with Crippen molar-refractivity contribution in [3.8, 4) is 72.7 Å². The average Bonchev–Trinajstić information content (AvgIpc) is 3.74. The van der Waals surface area contributed by atoms with Crippen molar-refractivity contribution in [2.24, 2.45) is 0 Å². The fraction of sp³-hybridized carbons (Fsp3) is 0.0152. The molecule has 2 aromatic heterocycles. The zero-order chi connectivity index (χ0) is 45.1. The molecule has 0 saturated heterocycles. The second kappa shape index (κ2) is 16.2. The first-order chi connectivity index (χ1) is 33.6. The molecule has 0 spiro atoms.